The molecule has 0 saturated carbocycles. The zero-order chi connectivity index (χ0) is 19.5. The molecule has 0 heterocycles. The molecule has 1 aromatic rings. The van der Waals surface area contributed by atoms with Crippen LogP contribution in [0, 0.1) is 0 Å². The van der Waals surface area contributed by atoms with Gasteiger partial charge in [0.15, 0.2) is 0 Å². The van der Waals surface area contributed by atoms with Gasteiger partial charge in [-0.1, -0.05) is 36.4 Å². The Morgan fingerprint density at radius 2 is 1.38 bits per heavy atom. The van der Waals surface area contributed by atoms with E-state index in [-0.39, 0.29) is 18.3 Å². The van der Waals surface area contributed by atoms with E-state index in [1.165, 1.54) is 0 Å². The Labute approximate surface area is 158 Å². The summed E-state index contributed by atoms with van der Waals surface area (Å²) in [5.41, 5.74) is 4.43. The second-order valence-corrected chi connectivity index (χ2v) is 6.85. The molecule has 26 heavy (non-hydrogen) atoms. The van der Waals surface area contributed by atoms with E-state index in [9.17, 15) is 0 Å². The van der Waals surface area contributed by atoms with Crippen LogP contribution in [-0.4, -0.2) is 45.2 Å². The lowest BCUT2D eigenvalue weighted by molar-refractivity contribution is -0.0671. The van der Waals surface area contributed by atoms with Crippen molar-refractivity contribution in [2.45, 2.75) is 52.9 Å². The van der Waals surface area contributed by atoms with Gasteiger partial charge in [0, 0.05) is 7.11 Å². The van der Waals surface area contributed by atoms with Crippen LogP contribution in [0.5, 0.6) is 0 Å². The summed E-state index contributed by atoms with van der Waals surface area (Å²) in [5.74, 6) is 0. The van der Waals surface area contributed by atoms with Gasteiger partial charge in [0.25, 0.3) is 0 Å². The van der Waals surface area contributed by atoms with Crippen molar-refractivity contribution < 1.29 is 18.9 Å². The summed E-state index contributed by atoms with van der Waals surface area (Å²) in [6.07, 6.45) is 1.85. The molecule has 4 nitrogen and oxygen atoms in total. The lowest BCUT2D eigenvalue weighted by Gasteiger charge is -2.19. The highest BCUT2D eigenvalue weighted by molar-refractivity contribution is 5.67. The Bertz CT molecular complexity index is 562. The van der Waals surface area contributed by atoms with Gasteiger partial charge in [-0.25, -0.2) is 0 Å². The summed E-state index contributed by atoms with van der Waals surface area (Å²) in [7, 11) is 1.67. The first-order valence-electron chi connectivity index (χ1n) is 9.14. The molecule has 0 amide bonds. The molecule has 0 aromatic heterocycles. The van der Waals surface area contributed by atoms with Crippen molar-refractivity contribution in [3.05, 3.63) is 48.2 Å². The van der Waals surface area contributed by atoms with Gasteiger partial charge in [-0.05, 0) is 51.3 Å². The quantitative estimate of drug-likeness (QED) is 0.493. The van der Waals surface area contributed by atoms with Crippen molar-refractivity contribution in [1.29, 1.82) is 0 Å². The van der Waals surface area contributed by atoms with Gasteiger partial charge in [0.1, 0.15) is 6.10 Å². The SMILES string of the molecule is C=C(C)c1ccc(/C(C)=C/OC(C)COC(C)COC(C)COC)cc1. The fraction of sp³-hybridized carbons (Fsp3) is 0.545. The van der Waals surface area contributed by atoms with Crippen LogP contribution < -0.4 is 0 Å². The second-order valence-electron chi connectivity index (χ2n) is 6.85. The minimum atomic E-state index is -0.0292. The Balaban J connectivity index is 2.36. The van der Waals surface area contributed by atoms with Crippen molar-refractivity contribution in [3.8, 4) is 0 Å². The standard InChI is InChI=1S/C22H34O4/c1-16(2)21-8-10-22(11-9-21)17(3)12-24-19(5)14-26-20(6)15-25-18(4)13-23-7/h8-12,18-20H,1,13-15H2,2-7H3/b17-12+. The van der Waals surface area contributed by atoms with Crippen molar-refractivity contribution in [2.75, 3.05) is 26.9 Å². The molecular weight excluding hydrogens is 328 g/mol. The van der Waals surface area contributed by atoms with Crippen molar-refractivity contribution >= 4 is 11.1 Å². The molecule has 0 bridgehead atoms. The maximum absolute atomic E-state index is 5.79. The second kappa shape index (κ2) is 11.9. The molecular formula is C22H34O4. The van der Waals surface area contributed by atoms with E-state index < -0.39 is 0 Å². The molecule has 0 N–H and O–H groups in total. The molecule has 0 aliphatic rings. The largest absolute Gasteiger partial charge is 0.496 e. The normalized spacial score (nSPS) is 15.4. The molecule has 0 aliphatic heterocycles. The van der Waals surface area contributed by atoms with Gasteiger partial charge in [-0.2, -0.15) is 0 Å². The van der Waals surface area contributed by atoms with E-state index in [0.717, 1.165) is 22.3 Å². The first-order chi connectivity index (χ1) is 12.3. The van der Waals surface area contributed by atoms with Crippen LogP contribution in [0.15, 0.2) is 37.1 Å². The first kappa shape index (κ1) is 22.4. The molecule has 0 saturated heterocycles. The number of benzene rings is 1. The van der Waals surface area contributed by atoms with E-state index in [4.69, 9.17) is 18.9 Å². The highest BCUT2D eigenvalue weighted by Gasteiger charge is 2.09. The van der Waals surface area contributed by atoms with Crippen molar-refractivity contribution in [2.24, 2.45) is 0 Å². The maximum atomic E-state index is 5.79. The highest BCUT2D eigenvalue weighted by atomic mass is 16.6. The molecule has 0 aliphatic carbocycles. The van der Waals surface area contributed by atoms with Crippen LogP contribution in [0.1, 0.15) is 45.7 Å². The van der Waals surface area contributed by atoms with E-state index >= 15 is 0 Å². The first-order valence-corrected chi connectivity index (χ1v) is 9.14. The predicted octanol–water partition coefficient (Wildman–Crippen LogP) is 4.94. The number of hydrogen-bond acceptors (Lipinski definition) is 4. The number of methoxy groups -OCH3 is 1. The summed E-state index contributed by atoms with van der Waals surface area (Å²) in [6.45, 7) is 15.6. The van der Waals surface area contributed by atoms with Crippen LogP contribution in [0.3, 0.4) is 0 Å². The van der Waals surface area contributed by atoms with Crippen LogP contribution >= 0.6 is 0 Å². The number of ether oxygens (including phenoxy) is 4. The molecule has 3 unspecified atom stereocenters. The summed E-state index contributed by atoms with van der Waals surface area (Å²) in [6, 6.07) is 8.32. The molecule has 0 spiro atoms. The van der Waals surface area contributed by atoms with Gasteiger partial charge in [-0.3, -0.25) is 0 Å². The summed E-state index contributed by atoms with van der Waals surface area (Å²) < 4.78 is 22.3. The van der Waals surface area contributed by atoms with Gasteiger partial charge in [0.2, 0.25) is 0 Å². The van der Waals surface area contributed by atoms with Crippen LogP contribution in [0.2, 0.25) is 0 Å². The fourth-order valence-corrected chi connectivity index (χ4v) is 2.27. The zero-order valence-electron chi connectivity index (χ0n) is 17.1. The number of allylic oxidation sites excluding steroid dienone is 2. The summed E-state index contributed by atoms with van der Waals surface area (Å²) in [5, 5.41) is 0. The molecule has 0 radical (unpaired) electrons. The monoisotopic (exact) mass is 362 g/mol. The maximum Gasteiger partial charge on any atom is 0.118 e. The third kappa shape index (κ3) is 8.65. The smallest absolute Gasteiger partial charge is 0.118 e. The zero-order valence-corrected chi connectivity index (χ0v) is 17.1. The third-order valence-electron chi connectivity index (χ3n) is 3.94. The van der Waals surface area contributed by atoms with E-state index in [1.807, 2.05) is 34.6 Å². The van der Waals surface area contributed by atoms with Crippen molar-refractivity contribution in [3.63, 3.8) is 0 Å². The Kier molecular flexibility index (Phi) is 10.3. The molecule has 1 aromatic carbocycles. The van der Waals surface area contributed by atoms with E-state index in [2.05, 4.69) is 30.8 Å². The van der Waals surface area contributed by atoms with Gasteiger partial charge >= 0.3 is 0 Å². The molecule has 146 valence electrons. The van der Waals surface area contributed by atoms with E-state index in [0.29, 0.717) is 19.8 Å². The average Bonchev–Trinajstić information content (AvgIpc) is 2.63. The lowest BCUT2D eigenvalue weighted by Crippen LogP contribution is -2.26. The number of hydrogen-bond donors (Lipinski definition) is 0. The molecule has 1 rings (SSSR count). The van der Waals surface area contributed by atoms with Crippen molar-refractivity contribution in [1.82, 2.24) is 0 Å². The lowest BCUT2D eigenvalue weighted by atomic mass is 10.0. The van der Waals surface area contributed by atoms with Crippen LogP contribution in [-0.2, 0) is 18.9 Å². The Hall–Kier alpha value is -1.62. The molecule has 4 heteroatoms. The van der Waals surface area contributed by atoms with E-state index in [1.54, 1.807) is 13.4 Å². The van der Waals surface area contributed by atoms with Crippen LogP contribution in [0.4, 0.5) is 0 Å². The highest BCUT2D eigenvalue weighted by Crippen LogP contribution is 2.18. The minimum Gasteiger partial charge on any atom is -0.496 e. The van der Waals surface area contributed by atoms with Crippen LogP contribution in [0.25, 0.3) is 11.1 Å². The average molecular weight is 363 g/mol. The number of rotatable bonds is 12. The topological polar surface area (TPSA) is 36.9 Å². The molecule has 3 atom stereocenters. The fourth-order valence-electron chi connectivity index (χ4n) is 2.27. The third-order valence-corrected chi connectivity index (χ3v) is 3.94. The Morgan fingerprint density at radius 1 is 0.885 bits per heavy atom. The summed E-state index contributed by atoms with van der Waals surface area (Å²) in [4.78, 5) is 0. The minimum absolute atomic E-state index is 0.0140. The summed E-state index contributed by atoms with van der Waals surface area (Å²) >= 11 is 0. The van der Waals surface area contributed by atoms with Gasteiger partial charge < -0.3 is 18.9 Å². The van der Waals surface area contributed by atoms with Gasteiger partial charge in [0.05, 0.1) is 38.3 Å². The molecule has 0 fully saturated rings. The predicted molar refractivity (Wildman–Crippen MR) is 108 cm³/mol. The Morgan fingerprint density at radius 3 is 1.92 bits per heavy atom. The van der Waals surface area contributed by atoms with Gasteiger partial charge in [-0.15, -0.1) is 0 Å².